The lowest BCUT2D eigenvalue weighted by molar-refractivity contribution is -0.125. The van der Waals surface area contributed by atoms with Gasteiger partial charge in [-0.1, -0.05) is 43.3 Å². The number of ketones is 1. The van der Waals surface area contributed by atoms with Crippen LogP contribution in [0, 0.1) is 5.92 Å². The minimum Gasteiger partial charge on any atom is -0.301 e. The number of fused-ring (bicyclic) bond motifs is 4. The molecule has 2 aliphatic heterocycles. The van der Waals surface area contributed by atoms with Crippen molar-refractivity contribution in [2.75, 3.05) is 13.1 Å². The Morgan fingerprint density at radius 1 is 1.08 bits per heavy atom. The molecule has 0 saturated carbocycles. The maximum Gasteiger partial charge on any atom is 0.251 e. The van der Waals surface area contributed by atoms with Crippen molar-refractivity contribution in [2.24, 2.45) is 5.92 Å². The molecule has 1 aromatic heterocycles. The molecule has 2 bridgehead atoms. The van der Waals surface area contributed by atoms with E-state index in [0.717, 1.165) is 31.7 Å². The number of hydrogen-bond acceptors (Lipinski definition) is 3. The van der Waals surface area contributed by atoms with Crippen LogP contribution in [0.4, 0.5) is 0 Å². The van der Waals surface area contributed by atoms with Crippen LogP contribution in [0.1, 0.15) is 43.0 Å². The molecule has 2 aromatic rings. The highest BCUT2D eigenvalue weighted by atomic mass is 16.1. The van der Waals surface area contributed by atoms with Gasteiger partial charge >= 0.3 is 0 Å². The van der Waals surface area contributed by atoms with Gasteiger partial charge in [0, 0.05) is 49.7 Å². The largest absolute Gasteiger partial charge is 0.301 e. The standard InChI is InChI=1S/C21H24N2O2/c1-2-19(24)21-17-11-16(18-9-6-10-20(25)23(18)21)13-22(14-17)12-15-7-4-3-5-8-15/h3-10,16-17,21H,2,11-14H2,1H3/t16-,17+,21+/m1/s1. The van der Waals surface area contributed by atoms with E-state index in [1.54, 1.807) is 10.6 Å². The summed E-state index contributed by atoms with van der Waals surface area (Å²) >= 11 is 0. The lowest BCUT2D eigenvalue weighted by Gasteiger charge is -2.46. The number of likely N-dealkylation sites (tertiary alicyclic amines) is 1. The molecule has 2 aliphatic rings. The fourth-order valence-electron chi connectivity index (χ4n) is 4.62. The Kier molecular flexibility index (Phi) is 4.30. The molecule has 130 valence electrons. The van der Waals surface area contributed by atoms with Crippen molar-refractivity contribution in [1.82, 2.24) is 9.47 Å². The lowest BCUT2D eigenvalue weighted by atomic mass is 9.76. The molecule has 4 rings (SSSR count). The Hall–Kier alpha value is -2.20. The summed E-state index contributed by atoms with van der Waals surface area (Å²) in [6.45, 7) is 4.62. The third-order valence-corrected chi connectivity index (χ3v) is 5.65. The van der Waals surface area contributed by atoms with Crippen molar-refractivity contribution in [2.45, 2.75) is 38.3 Å². The predicted molar refractivity (Wildman–Crippen MR) is 97.6 cm³/mol. The fraction of sp³-hybridized carbons (Fsp3) is 0.429. The number of rotatable bonds is 4. The molecule has 4 heteroatoms. The van der Waals surface area contributed by atoms with Gasteiger partial charge in [-0.2, -0.15) is 0 Å². The Labute approximate surface area is 148 Å². The molecular weight excluding hydrogens is 312 g/mol. The molecule has 1 fully saturated rings. The van der Waals surface area contributed by atoms with Gasteiger partial charge in [0.2, 0.25) is 0 Å². The van der Waals surface area contributed by atoms with Gasteiger partial charge in [-0.15, -0.1) is 0 Å². The normalized spacial score (nSPS) is 25.4. The molecule has 0 unspecified atom stereocenters. The van der Waals surface area contributed by atoms with Crippen LogP contribution < -0.4 is 5.56 Å². The summed E-state index contributed by atoms with van der Waals surface area (Å²) in [4.78, 5) is 27.6. The van der Waals surface area contributed by atoms with Crippen LogP contribution in [-0.2, 0) is 11.3 Å². The van der Waals surface area contributed by atoms with E-state index in [-0.39, 0.29) is 23.3 Å². The van der Waals surface area contributed by atoms with E-state index in [9.17, 15) is 9.59 Å². The minimum absolute atomic E-state index is 0.0319. The van der Waals surface area contributed by atoms with Crippen molar-refractivity contribution >= 4 is 5.78 Å². The molecule has 4 nitrogen and oxygen atoms in total. The zero-order valence-corrected chi connectivity index (χ0v) is 14.6. The molecule has 3 heterocycles. The molecule has 1 saturated heterocycles. The van der Waals surface area contributed by atoms with Crippen molar-refractivity contribution in [1.29, 1.82) is 0 Å². The third kappa shape index (κ3) is 2.95. The van der Waals surface area contributed by atoms with Crippen LogP contribution in [0.25, 0.3) is 0 Å². The van der Waals surface area contributed by atoms with Crippen molar-refractivity contribution < 1.29 is 4.79 Å². The summed E-state index contributed by atoms with van der Waals surface area (Å²) in [5, 5.41) is 0. The zero-order chi connectivity index (χ0) is 17.4. The average molecular weight is 336 g/mol. The third-order valence-electron chi connectivity index (χ3n) is 5.65. The maximum atomic E-state index is 12.7. The van der Waals surface area contributed by atoms with Crippen LogP contribution >= 0.6 is 0 Å². The summed E-state index contributed by atoms with van der Waals surface area (Å²) in [5.41, 5.74) is 2.30. The maximum absolute atomic E-state index is 12.7. The highest BCUT2D eigenvalue weighted by molar-refractivity contribution is 5.83. The van der Waals surface area contributed by atoms with Crippen LogP contribution in [0.3, 0.4) is 0 Å². The number of aromatic nitrogens is 1. The van der Waals surface area contributed by atoms with Crippen molar-refractivity contribution in [3.8, 4) is 0 Å². The number of piperidine rings is 1. The van der Waals surface area contributed by atoms with E-state index >= 15 is 0 Å². The summed E-state index contributed by atoms with van der Waals surface area (Å²) in [6.07, 6.45) is 1.48. The number of carbonyl (C=O) groups excluding carboxylic acids is 1. The summed E-state index contributed by atoms with van der Waals surface area (Å²) in [5.74, 6) is 0.736. The van der Waals surface area contributed by atoms with E-state index in [0.29, 0.717) is 12.3 Å². The average Bonchev–Trinajstić information content (AvgIpc) is 2.63. The first kappa shape index (κ1) is 16.3. The van der Waals surface area contributed by atoms with Gasteiger partial charge in [-0.3, -0.25) is 14.5 Å². The number of hydrogen-bond donors (Lipinski definition) is 0. The highest BCUT2D eigenvalue weighted by Gasteiger charge is 2.42. The van der Waals surface area contributed by atoms with Gasteiger partial charge in [-0.05, 0) is 18.1 Å². The van der Waals surface area contributed by atoms with Crippen molar-refractivity contribution in [3.63, 3.8) is 0 Å². The molecule has 0 spiro atoms. The number of pyridine rings is 1. The first-order valence-electron chi connectivity index (χ1n) is 9.17. The number of Topliss-reactive ketones (excluding diaryl/α,β-unsaturated/α-hetero) is 1. The van der Waals surface area contributed by atoms with Crippen LogP contribution in [0.2, 0.25) is 0 Å². The van der Waals surface area contributed by atoms with Gasteiger partial charge in [-0.25, -0.2) is 0 Å². The molecular formula is C21H24N2O2. The Balaban J connectivity index is 1.69. The highest BCUT2D eigenvalue weighted by Crippen LogP contribution is 2.42. The Morgan fingerprint density at radius 3 is 2.64 bits per heavy atom. The molecule has 0 amide bonds. The summed E-state index contributed by atoms with van der Waals surface area (Å²) in [6, 6.07) is 15.6. The topological polar surface area (TPSA) is 42.3 Å². The molecule has 25 heavy (non-hydrogen) atoms. The SMILES string of the molecule is CCC(=O)[C@@H]1[C@H]2C[C@H](CN(Cc3ccccc3)C2)c2cccc(=O)n21. The Bertz CT molecular complexity index is 827. The number of nitrogens with zero attached hydrogens (tertiary/aromatic N) is 2. The van der Waals surface area contributed by atoms with Gasteiger partial charge in [0.15, 0.2) is 5.78 Å². The minimum atomic E-state index is -0.302. The van der Waals surface area contributed by atoms with Crippen LogP contribution in [0.5, 0.6) is 0 Å². The lowest BCUT2D eigenvalue weighted by Crippen LogP contribution is -2.51. The van der Waals surface area contributed by atoms with E-state index in [1.807, 2.05) is 25.1 Å². The molecule has 1 aromatic carbocycles. The Morgan fingerprint density at radius 2 is 1.88 bits per heavy atom. The summed E-state index contributed by atoms with van der Waals surface area (Å²) in [7, 11) is 0. The first-order chi connectivity index (χ1) is 12.2. The number of carbonyl (C=O) groups is 1. The fourth-order valence-corrected chi connectivity index (χ4v) is 4.62. The quantitative estimate of drug-likeness (QED) is 0.862. The first-order valence-corrected chi connectivity index (χ1v) is 9.17. The second-order valence-corrected chi connectivity index (χ2v) is 7.30. The molecule has 0 N–H and O–H groups in total. The zero-order valence-electron chi connectivity index (χ0n) is 14.6. The molecule has 3 atom stereocenters. The second kappa shape index (κ2) is 6.60. The molecule has 0 aliphatic carbocycles. The second-order valence-electron chi connectivity index (χ2n) is 7.30. The van der Waals surface area contributed by atoms with E-state index in [1.165, 1.54) is 5.56 Å². The van der Waals surface area contributed by atoms with Crippen LogP contribution in [0.15, 0.2) is 53.3 Å². The van der Waals surface area contributed by atoms with Gasteiger partial charge in [0.25, 0.3) is 5.56 Å². The van der Waals surface area contributed by atoms with E-state index in [2.05, 4.69) is 29.2 Å². The van der Waals surface area contributed by atoms with E-state index < -0.39 is 0 Å². The monoisotopic (exact) mass is 336 g/mol. The summed E-state index contributed by atoms with van der Waals surface area (Å²) < 4.78 is 1.80. The number of benzene rings is 1. The van der Waals surface area contributed by atoms with E-state index in [4.69, 9.17) is 0 Å². The van der Waals surface area contributed by atoms with Gasteiger partial charge in [0.05, 0.1) is 6.04 Å². The predicted octanol–water partition coefficient (Wildman–Crippen LogP) is 2.99. The smallest absolute Gasteiger partial charge is 0.251 e. The van der Waals surface area contributed by atoms with Gasteiger partial charge < -0.3 is 4.57 Å². The van der Waals surface area contributed by atoms with Crippen LogP contribution in [-0.4, -0.2) is 28.3 Å². The van der Waals surface area contributed by atoms with Crippen molar-refractivity contribution in [3.05, 3.63) is 70.1 Å². The molecule has 0 radical (unpaired) electrons. The van der Waals surface area contributed by atoms with Gasteiger partial charge in [0.1, 0.15) is 0 Å².